The molecule has 2 atom stereocenters. The van der Waals surface area contributed by atoms with Crippen LogP contribution in [0.25, 0.3) is 10.2 Å². The Bertz CT molecular complexity index is 484. The summed E-state index contributed by atoms with van der Waals surface area (Å²) in [7, 11) is 0. The maximum absolute atomic E-state index is 9.26. The van der Waals surface area contributed by atoms with Gasteiger partial charge < -0.3 is 10.4 Å². The van der Waals surface area contributed by atoms with E-state index in [2.05, 4.69) is 22.2 Å². The highest BCUT2D eigenvalue weighted by Gasteiger charge is 2.16. The van der Waals surface area contributed by atoms with Gasteiger partial charge in [0.1, 0.15) is 12.1 Å². The number of nitrogens with zero attached hydrogens (tertiary/aromatic N) is 2. The van der Waals surface area contributed by atoms with E-state index in [1.807, 2.05) is 17.7 Å². The number of fused-ring (bicyclic) bond motifs is 1. The first-order valence-electron chi connectivity index (χ1n) is 5.34. The molecule has 0 aliphatic carbocycles. The Morgan fingerprint density at radius 3 is 3.06 bits per heavy atom. The van der Waals surface area contributed by atoms with Crippen molar-refractivity contribution in [2.24, 2.45) is 0 Å². The normalized spacial score (nSPS) is 14.8. The van der Waals surface area contributed by atoms with Gasteiger partial charge >= 0.3 is 0 Å². The van der Waals surface area contributed by atoms with E-state index in [1.165, 1.54) is 0 Å². The highest BCUT2D eigenvalue weighted by atomic mass is 32.2. The topological polar surface area (TPSA) is 58.0 Å². The van der Waals surface area contributed by atoms with Gasteiger partial charge in [-0.15, -0.1) is 11.3 Å². The van der Waals surface area contributed by atoms with Gasteiger partial charge in [-0.05, 0) is 24.6 Å². The molecule has 0 saturated heterocycles. The van der Waals surface area contributed by atoms with Crippen molar-refractivity contribution in [3.8, 4) is 0 Å². The third-order valence-electron chi connectivity index (χ3n) is 2.65. The number of anilines is 1. The number of rotatable bonds is 5. The van der Waals surface area contributed by atoms with Crippen molar-refractivity contribution in [1.29, 1.82) is 0 Å². The summed E-state index contributed by atoms with van der Waals surface area (Å²) >= 11 is 3.28. The van der Waals surface area contributed by atoms with Crippen molar-refractivity contribution in [1.82, 2.24) is 9.97 Å². The number of nitrogens with one attached hydrogen (secondary N) is 1. The highest BCUT2D eigenvalue weighted by molar-refractivity contribution is 7.99. The molecule has 17 heavy (non-hydrogen) atoms. The Labute approximate surface area is 108 Å². The summed E-state index contributed by atoms with van der Waals surface area (Å²) in [5, 5.41) is 14.8. The second-order valence-corrected chi connectivity index (χ2v) is 5.74. The third-order valence-corrected chi connectivity index (χ3v) is 4.72. The molecule has 0 amide bonds. The zero-order chi connectivity index (χ0) is 12.3. The van der Waals surface area contributed by atoms with Crippen molar-refractivity contribution >= 4 is 39.1 Å². The number of aliphatic hydroxyl groups excluding tert-OH is 1. The van der Waals surface area contributed by atoms with Gasteiger partial charge in [0.2, 0.25) is 0 Å². The van der Waals surface area contributed by atoms with Gasteiger partial charge in [-0.1, -0.05) is 0 Å². The molecule has 2 aromatic rings. The molecule has 2 N–H and O–H groups in total. The molecule has 4 nitrogen and oxygen atoms in total. The van der Waals surface area contributed by atoms with Gasteiger partial charge in [0, 0.05) is 11.3 Å². The van der Waals surface area contributed by atoms with Gasteiger partial charge in [-0.3, -0.25) is 0 Å². The Hall–Kier alpha value is -0.850. The Balaban J connectivity index is 2.20. The summed E-state index contributed by atoms with van der Waals surface area (Å²) in [6.45, 7) is 2.22. The van der Waals surface area contributed by atoms with Crippen molar-refractivity contribution in [3.63, 3.8) is 0 Å². The van der Waals surface area contributed by atoms with E-state index in [1.54, 1.807) is 29.4 Å². The van der Waals surface area contributed by atoms with Crippen LogP contribution in [0.4, 0.5) is 5.82 Å². The van der Waals surface area contributed by atoms with Crippen LogP contribution >= 0.6 is 23.1 Å². The van der Waals surface area contributed by atoms with Crippen LogP contribution in [0.5, 0.6) is 0 Å². The van der Waals surface area contributed by atoms with E-state index < -0.39 is 0 Å². The molecule has 0 aliphatic rings. The van der Waals surface area contributed by atoms with Crippen LogP contribution in [0.15, 0.2) is 17.8 Å². The van der Waals surface area contributed by atoms with E-state index in [0.717, 1.165) is 16.0 Å². The summed E-state index contributed by atoms with van der Waals surface area (Å²) in [5.74, 6) is 0.852. The predicted molar refractivity (Wildman–Crippen MR) is 74.9 cm³/mol. The molecule has 2 aromatic heterocycles. The van der Waals surface area contributed by atoms with Crippen LogP contribution in [0.2, 0.25) is 0 Å². The van der Waals surface area contributed by atoms with E-state index in [9.17, 15) is 5.11 Å². The summed E-state index contributed by atoms with van der Waals surface area (Å²) in [6, 6.07) is 2.14. The van der Waals surface area contributed by atoms with Crippen LogP contribution in [0.3, 0.4) is 0 Å². The van der Waals surface area contributed by atoms with Gasteiger partial charge in [-0.2, -0.15) is 11.8 Å². The van der Waals surface area contributed by atoms with Crippen LogP contribution in [0.1, 0.15) is 6.92 Å². The van der Waals surface area contributed by atoms with Gasteiger partial charge in [0.25, 0.3) is 0 Å². The minimum Gasteiger partial charge on any atom is -0.395 e. The largest absolute Gasteiger partial charge is 0.395 e. The molecule has 0 fully saturated rings. The van der Waals surface area contributed by atoms with Crippen LogP contribution in [-0.2, 0) is 0 Å². The average molecular weight is 269 g/mol. The second-order valence-electron chi connectivity index (χ2n) is 3.75. The lowest BCUT2D eigenvalue weighted by molar-refractivity contribution is 0.288. The molecule has 0 bridgehead atoms. The zero-order valence-electron chi connectivity index (χ0n) is 9.75. The molecule has 0 aliphatic heterocycles. The minimum atomic E-state index is 0.161. The lowest BCUT2D eigenvalue weighted by atomic mass is 10.2. The summed E-state index contributed by atoms with van der Waals surface area (Å²) in [6.07, 6.45) is 3.57. The Kier molecular flexibility index (Phi) is 4.20. The van der Waals surface area contributed by atoms with E-state index in [-0.39, 0.29) is 17.9 Å². The fourth-order valence-corrected chi connectivity index (χ4v) is 3.06. The third kappa shape index (κ3) is 2.70. The highest BCUT2D eigenvalue weighted by Crippen LogP contribution is 2.26. The fraction of sp³-hybridized carbons (Fsp3) is 0.455. The zero-order valence-corrected chi connectivity index (χ0v) is 11.4. The van der Waals surface area contributed by atoms with Crippen molar-refractivity contribution in [2.45, 2.75) is 18.2 Å². The number of aromatic nitrogens is 2. The molecule has 0 aromatic carbocycles. The van der Waals surface area contributed by atoms with E-state index >= 15 is 0 Å². The Morgan fingerprint density at radius 2 is 2.35 bits per heavy atom. The minimum absolute atomic E-state index is 0.161. The Morgan fingerprint density at radius 1 is 1.53 bits per heavy atom. The van der Waals surface area contributed by atoms with Crippen molar-refractivity contribution < 1.29 is 5.11 Å². The van der Waals surface area contributed by atoms with Gasteiger partial charge in [0.05, 0.1) is 16.8 Å². The smallest absolute Gasteiger partial charge is 0.147 e. The molecular formula is C11H15N3OS2. The molecule has 0 spiro atoms. The SMILES string of the molecule is CS[C@H](CO)[C@H](C)Nc1ncnc2ccsc12. The quantitative estimate of drug-likeness (QED) is 0.871. The van der Waals surface area contributed by atoms with Crippen LogP contribution in [0, 0.1) is 0 Å². The lowest BCUT2D eigenvalue weighted by Crippen LogP contribution is -2.31. The predicted octanol–water partition coefficient (Wildman–Crippen LogP) is 2.22. The monoisotopic (exact) mass is 269 g/mol. The summed E-state index contributed by atoms with van der Waals surface area (Å²) in [5.41, 5.74) is 0.962. The molecule has 0 unspecified atom stereocenters. The molecule has 0 saturated carbocycles. The number of thioether (sulfide) groups is 1. The van der Waals surface area contributed by atoms with Gasteiger partial charge in [0.15, 0.2) is 0 Å². The maximum atomic E-state index is 9.26. The fourth-order valence-electron chi connectivity index (χ4n) is 1.64. The summed E-state index contributed by atoms with van der Waals surface area (Å²) < 4.78 is 1.07. The van der Waals surface area contributed by atoms with Crippen LogP contribution < -0.4 is 5.32 Å². The second kappa shape index (κ2) is 5.66. The molecule has 0 radical (unpaired) electrons. The molecule has 2 heterocycles. The lowest BCUT2D eigenvalue weighted by Gasteiger charge is -2.21. The molecule has 2 rings (SSSR count). The van der Waals surface area contributed by atoms with Crippen LogP contribution in [-0.4, -0.2) is 39.2 Å². The first-order chi connectivity index (χ1) is 8.26. The van der Waals surface area contributed by atoms with E-state index in [0.29, 0.717) is 0 Å². The first kappa shape index (κ1) is 12.6. The number of aliphatic hydroxyl groups is 1. The van der Waals surface area contributed by atoms with E-state index in [4.69, 9.17) is 0 Å². The molecule has 6 heteroatoms. The average Bonchev–Trinajstić information content (AvgIpc) is 2.80. The summed E-state index contributed by atoms with van der Waals surface area (Å²) in [4.78, 5) is 8.47. The number of thiophene rings is 1. The first-order valence-corrected chi connectivity index (χ1v) is 7.51. The van der Waals surface area contributed by atoms with Gasteiger partial charge in [-0.25, -0.2) is 9.97 Å². The standard InChI is InChI=1S/C11H15N3OS2/c1-7(9(5-15)16-2)14-11-10-8(3-4-17-10)12-6-13-11/h3-4,6-7,9,15H,5H2,1-2H3,(H,12,13,14)/t7-,9+/m0/s1. The van der Waals surface area contributed by atoms with Crippen molar-refractivity contribution in [2.75, 3.05) is 18.2 Å². The molecule has 92 valence electrons. The number of hydrogen-bond acceptors (Lipinski definition) is 6. The maximum Gasteiger partial charge on any atom is 0.147 e. The van der Waals surface area contributed by atoms with Crippen molar-refractivity contribution in [3.05, 3.63) is 17.8 Å². The number of hydrogen-bond donors (Lipinski definition) is 2. The molecular weight excluding hydrogens is 254 g/mol.